The lowest BCUT2D eigenvalue weighted by atomic mass is 9.99. The van der Waals surface area contributed by atoms with Gasteiger partial charge in [0, 0.05) is 17.6 Å². The molecule has 2 unspecified atom stereocenters. The second-order valence-corrected chi connectivity index (χ2v) is 4.90. The maximum absolute atomic E-state index is 9.42. The third kappa shape index (κ3) is 3.72. The van der Waals surface area contributed by atoms with E-state index >= 15 is 0 Å². The number of methoxy groups -OCH3 is 1. The molecule has 3 nitrogen and oxygen atoms in total. The fourth-order valence-electron chi connectivity index (χ4n) is 2.10. The Morgan fingerprint density at radius 2 is 1.94 bits per heavy atom. The summed E-state index contributed by atoms with van der Waals surface area (Å²) in [4.78, 5) is 0. The summed E-state index contributed by atoms with van der Waals surface area (Å²) in [5.74, 6) is 1.30. The van der Waals surface area contributed by atoms with E-state index in [4.69, 9.17) is 4.74 Å². The first-order chi connectivity index (χ1) is 8.63. The summed E-state index contributed by atoms with van der Waals surface area (Å²) in [7, 11) is 1.69. The monoisotopic (exact) mass is 251 g/mol. The van der Waals surface area contributed by atoms with Crippen LogP contribution in [0.5, 0.6) is 5.75 Å². The Morgan fingerprint density at radius 3 is 2.44 bits per heavy atom. The summed E-state index contributed by atoms with van der Waals surface area (Å²) < 4.78 is 5.40. The average molecular weight is 251 g/mol. The van der Waals surface area contributed by atoms with Crippen molar-refractivity contribution in [3.05, 3.63) is 29.8 Å². The maximum atomic E-state index is 9.42. The molecule has 18 heavy (non-hydrogen) atoms. The van der Waals surface area contributed by atoms with E-state index in [1.807, 2.05) is 18.2 Å². The maximum Gasteiger partial charge on any atom is 0.123 e. The Kier molecular flexibility index (Phi) is 6.16. The molecular weight excluding hydrogens is 226 g/mol. The molecule has 3 heteroatoms. The molecule has 2 atom stereocenters. The van der Waals surface area contributed by atoms with Crippen LogP contribution in [-0.4, -0.2) is 24.9 Å². The van der Waals surface area contributed by atoms with Crippen LogP contribution in [0.4, 0.5) is 0 Å². The zero-order valence-corrected chi connectivity index (χ0v) is 11.8. The summed E-state index contributed by atoms with van der Waals surface area (Å²) in [5.41, 5.74) is 1.15. The first-order valence-electron chi connectivity index (χ1n) is 6.63. The number of aliphatic hydroxyl groups excluding tert-OH is 1. The topological polar surface area (TPSA) is 41.5 Å². The Bertz CT molecular complexity index is 352. The molecule has 0 heterocycles. The van der Waals surface area contributed by atoms with E-state index < -0.39 is 0 Å². The van der Waals surface area contributed by atoms with Gasteiger partial charge in [0.15, 0.2) is 0 Å². The molecular formula is C15H25NO2. The van der Waals surface area contributed by atoms with Crippen LogP contribution in [0.15, 0.2) is 24.3 Å². The minimum absolute atomic E-state index is 0.111. The number of hydrogen-bond acceptors (Lipinski definition) is 3. The molecule has 0 amide bonds. The Labute approximate surface area is 110 Å². The lowest BCUT2D eigenvalue weighted by Crippen LogP contribution is -2.39. The SMILES string of the molecule is CCC(NC(CO)C(C)C)c1ccccc1OC. The normalized spacial score (nSPS) is 14.6. The summed E-state index contributed by atoms with van der Waals surface area (Å²) >= 11 is 0. The zero-order valence-electron chi connectivity index (χ0n) is 11.8. The van der Waals surface area contributed by atoms with Crippen LogP contribution in [0.25, 0.3) is 0 Å². The van der Waals surface area contributed by atoms with Crippen LogP contribution in [0.2, 0.25) is 0 Å². The van der Waals surface area contributed by atoms with E-state index in [9.17, 15) is 5.11 Å². The van der Waals surface area contributed by atoms with E-state index in [1.165, 1.54) is 0 Å². The number of aliphatic hydroxyl groups is 1. The van der Waals surface area contributed by atoms with Crippen molar-refractivity contribution in [1.82, 2.24) is 5.32 Å². The summed E-state index contributed by atoms with van der Waals surface area (Å²) in [6, 6.07) is 8.37. The molecule has 102 valence electrons. The van der Waals surface area contributed by atoms with Crippen molar-refractivity contribution in [1.29, 1.82) is 0 Å². The molecule has 1 aromatic carbocycles. The fraction of sp³-hybridized carbons (Fsp3) is 0.600. The van der Waals surface area contributed by atoms with E-state index in [0.29, 0.717) is 5.92 Å². The standard InChI is InChI=1S/C15H25NO2/c1-5-13(16-14(10-17)11(2)3)12-8-6-7-9-15(12)18-4/h6-9,11,13-14,16-17H,5,10H2,1-4H3. The van der Waals surface area contributed by atoms with Crippen LogP contribution < -0.4 is 10.1 Å². The fourth-order valence-corrected chi connectivity index (χ4v) is 2.10. The third-order valence-electron chi connectivity index (χ3n) is 3.34. The van der Waals surface area contributed by atoms with E-state index in [1.54, 1.807) is 7.11 Å². The average Bonchev–Trinajstić information content (AvgIpc) is 2.40. The van der Waals surface area contributed by atoms with Crippen molar-refractivity contribution < 1.29 is 9.84 Å². The molecule has 1 aromatic rings. The highest BCUT2D eigenvalue weighted by molar-refractivity contribution is 5.35. The van der Waals surface area contributed by atoms with Gasteiger partial charge in [0.1, 0.15) is 5.75 Å². The molecule has 2 N–H and O–H groups in total. The van der Waals surface area contributed by atoms with Gasteiger partial charge in [0.05, 0.1) is 13.7 Å². The van der Waals surface area contributed by atoms with Crippen LogP contribution in [-0.2, 0) is 0 Å². The highest BCUT2D eigenvalue weighted by Gasteiger charge is 2.19. The smallest absolute Gasteiger partial charge is 0.123 e. The highest BCUT2D eigenvalue weighted by Crippen LogP contribution is 2.27. The van der Waals surface area contributed by atoms with Crippen LogP contribution in [0.3, 0.4) is 0 Å². The van der Waals surface area contributed by atoms with Gasteiger partial charge < -0.3 is 15.2 Å². The molecule has 0 fully saturated rings. The largest absolute Gasteiger partial charge is 0.496 e. The van der Waals surface area contributed by atoms with Crippen LogP contribution in [0.1, 0.15) is 38.8 Å². The van der Waals surface area contributed by atoms with Gasteiger partial charge in [-0.25, -0.2) is 0 Å². The van der Waals surface area contributed by atoms with Crippen LogP contribution >= 0.6 is 0 Å². The molecule has 0 spiro atoms. The first kappa shape index (κ1) is 15.0. The predicted octanol–water partition coefficient (Wildman–Crippen LogP) is 2.75. The molecule has 0 aliphatic carbocycles. The second-order valence-electron chi connectivity index (χ2n) is 4.90. The van der Waals surface area contributed by atoms with Gasteiger partial charge in [-0.2, -0.15) is 0 Å². The summed E-state index contributed by atoms with van der Waals surface area (Å²) in [6.07, 6.45) is 0.962. The second kappa shape index (κ2) is 7.39. The van der Waals surface area contributed by atoms with Gasteiger partial charge in [-0.1, -0.05) is 39.0 Å². The minimum Gasteiger partial charge on any atom is -0.496 e. The number of rotatable bonds is 7. The number of para-hydroxylation sites is 1. The van der Waals surface area contributed by atoms with Crippen molar-refractivity contribution in [2.45, 2.75) is 39.3 Å². The van der Waals surface area contributed by atoms with E-state index in [-0.39, 0.29) is 18.7 Å². The van der Waals surface area contributed by atoms with Gasteiger partial charge in [0.2, 0.25) is 0 Å². The quantitative estimate of drug-likeness (QED) is 0.783. The van der Waals surface area contributed by atoms with Gasteiger partial charge in [-0.05, 0) is 18.4 Å². The lowest BCUT2D eigenvalue weighted by molar-refractivity contribution is 0.197. The summed E-state index contributed by atoms with van der Waals surface area (Å²) in [5, 5.41) is 12.9. The minimum atomic E-state index is 0.111. The molecule has 0 aliphatic rings. The first-order valence-corrected chi connectivity index (χ1v) is 6.63. The molecule has 0 saturated heterocycles. The molecule has 0 bridgehead atoms. The Balaban J connectivity index is 2.88. The predicted molar refractivity (Wildman–Crippen MR) is 74.9 cm³/mol. The summed E-state index contributed by atoms with van der Waals surface area (Å²) in [6.45, 7) is 6.52. The Morgan fingerprint density at radius 1 is 1.28 bits per heavy atom. The van der Waals surface area contributed by atoms with Crippen molar-refractivity contribution in [2.24, 2.45) is 5.92 Å². The van der Waals surface area contributed by atoms with Crippen LogP contribution in [0, 0.1) is 5.92 Å². The molecule has 0 radical (unpaired) electrons. The van der Waals surface area contributed by atoms with Crippen molar-refractivity contribution in [2.75, 3.05) is 13.7 Å². The molecule has 0 saturated carbocycles. The van der Waals surface area contributed by atoms with Gasteiger partial charge >= 0.3 is 0 Å². The van der Waals surface area contributed by atoms with Crippen molar-refractivity contribution >= 4 is 0 Å². The van der Waals surface area contributed by atoms with E-state index in [2.05, 4.69) is 32.2 Å². The van der Waals surface area contributed by atoms with Gasteiger partial charge in [-0.3, -0.25) is 0 Å². The van der Waals surface area contributed by atoms with Crippen molar-refractivity contribution in [3.8, 4) is 5.75 Å². The molecule has 1 rings (SSSR count). The van der Waals surface area contributed by atoms with Gasteiger partial charge in [0.25, 0.3) is 0 Å². The number of nitrogens with one attached hydrogen (secondary N) is 1. The number of benzene rings is 1. The third-order valence-corrected chi connectivity index (χ3v) is 3.34. The number of hydrogen-bond donors (Lipinski definition) is 2. The number of ether oxygens (including phenoxy) is 1. The molecule has 0 aromatic heterocycles. The highest BCUT2D eigenvalue weighted by atomic mass is 16.5. The van der Waals surface area contributed by atoms with E-state index in [0.717, 1.165) is 17.7 Å². The lowest BCUT2D eigenvalue weighted by Gasteiger charge is -2.27. The van der Waals surface area contributed by atoms with Gasteiger partial charge in [-0.15, -0.1) is 0 Å². The van der Waals surface area contributed by atoms with Crippen molar-refractivity contribution in [3.63, 3.8) is 0 Å². The Hall–Kier alpha value is -1.06. The zero-order chi connectivity index (χ0) is 13.5. The molecule has 0 aliphatic heterocycles.